The average Bonchev–Trinajstić information content (AvgIpc) is 3.10. The Morgan fingerprint density at radius 1 is 1.10 bits per heavy atom. The van der Waals surface area contributed by atoms with Crippen LogP contribution in [0.3, 0.4) is 0 Å². The van der Waals surface area contributed by atoms with Crippen molar-refractivity contribution in [2.45, 2.75) is 19.3 Å². The van der Waals surface area contributed by atoms with E-state index in [2.05, 4.69) is 0 Å². The van der Waals surface area contributed by atoms with Gasteiger partial charge >= 0.3 is 5.97 Å². The monoisotopic (exact) mass is 289 g/mol. The number of benzene rings is 1. The molecule has 2 unspecified atom stereocenters. The third-order valence-electron chi connectivity index (χ3n) is 4.61. The summed E-state index contributed by atoms with van der Waals surface area (Å²) >= 11 is 0. The molecule has 1 amide bonds. The highest BCUT2D eigenvalue weighted by Crippen LogP contribution is 2.54. The van der Waals surface area contributed by atoms with E-state index in [0.29, 0.717) is 5.69 Å². The van der Waals surface area contributed by atoms with Gasteiger partial charge in [-0.3, -0.25) is 4.79 Å². The number of fused-ring (bicyclic) bond motifs is 1. The van der Waals surface area contributed by atoms with Gasteiger partial charge in [0.25, 0.3) is 0 Å². The lowest BCUT2D eigenvalue weighted by Crippen LogP contribution is -2.38. The number of nitrogens with zero attached hydrogens (tertiary/aromatic N) is 1. The fraction of sp³-hybridized carbons (Fsp3) is 0.500. The molecule has 0 spiro atoms. The zero-order valence-corrected chi connectivity index (χ0v) is 11.7. The molecule has 1 aromatic rings. The Hall–Kier alpha value is -1.88. The van der Waals surface area contributed by atoms with Crippen LogP contribution in [0.25, 0.3) is 0 Å². The van der Waals surface area contributed by atoms with Crippen LogP contribution in [0.15, 0.2) is 24.3 Å². The van der Waals surface area contributed by atoms with E-state index in [4.69, 9.17) is 5.11 Å². The summed E-state index contributed by atoms with van der Waals surface area (Å²) in [5, 5.41) is 18.1. The number of hydrogen-bond donors (Lipinski definition) is 2. The van der Waals surface area contributed by atoms with E-state index in [1.807, 2.05) is 0 Å². The molecule has 1 aromatic carbocycles. The van der Waals surface area contributed by atoms with Crippen molar-refractivity contribution in [3.8, 4) is 0 Å². The van der Waals surface area contributed by atoms with E-state index < -0.39 is 5.97 Å². The zero-order chi connectivity index (χ0) is 15.0. The van der Waals surface area contributed by atoms with Gasteiger partial charge in [-0.15, -0.1) is 0 Å². The largest absolute Gasteiger partial charge is 0.478 e. The number of amides is 1. The van der Waals surface area contributed by atoms with Crippen LogP contribution in [0.1, 0.15) is 29.6 Å². The molecule has 5 nitrogen and oxygen atoms in total. The summed E-state index contributed by atoms with van der Waals surface area (Å²) in [6.07, 6.45) is 3.17. The number of carbonyl (C=O) groups is 2. The molecule has 2 aliphatic rings. The summed E-state index contributed by atoms with van der Waals surface area (Å²) in [6, 6.07) is 6.24. The standard InChI is InChI=1S/C16H19NO4/c18-6-5-17(14-3-1-10(2-4-14)16(20)21)15(19)13-8-11-7-12(11)9-13/h1-4,11-13,18H,5-9H2,(H,20,21). The van der Waals surface area contributed by atoms with E-state index >= 15 is 0 Å². The van der Waals surface area contributed by atoms with Crippen LogP contribution >= 0.6 is 0 Å². The third-order valence-corrected chi connectivity index (χ3v) is 4.61. The first-order valence-corrected chi connectivity index (χ1v) is 7.35. The van der Waals surface area contributed by atoms with Crippen LogP contribution in [0.2, 0.25) is 0 Å². The van der Waals surface area contributed by atoms with Crippen molar-refractivity contribution in [3.63, 3.8) is 0 Å². The molecule has 2 atom stereocenters. The van der Waals surface area contributed by atoms with Crippen molar-refractivity contribution >= 4 is 17.6 Å². The maximum absolute atomic E-state index is 12.6. The fourth-order valence-electron chi connectivity index (χ4n) is 3.39. The SMILES string of the molecule is O=C(O)c1ccc(N(CCO)C(=O)C2CC3CC3C2)cc1. The minimum Gasteiger partial charge on any atom is -0.478 e. The lowest BCUT2D eigenvalue weighted by Gasteiger charge is -2.25. The Balaban J connectivity index is 1.76. The second kappa shape index (κ2) is 5.48. The highest BCUT2D eigenvalue weighted by atomic mass is 16.4. The van der Waals surface area contributed by atoms with E-state index in [1.54, 1.807) is 17.0 Å². The van der Waals surface area contributed by atoms with Gasteiger partial charge in [0.05, 0.1) is 12.2 Å². The minimum absolute atomic E-state index is 0.0549. The van der Waals surface area contributed by atoms with E-state index in [9.17, 15) is 14.7 Å². The lowest BCUT2D eigenvalue weighted by atomic mass is 10.0. The van der Waals surface area contributed by atoms with Crippen LogP contribution in [-0.2, 0) is 4.79 Å². The first-order valence-electron chi connectivity index (χ1n) is 7.35. The molecule has 2 saturated carbocycles. The first-order chi connectivity index (χ1) is 10.1. The molecule has 21 heavy (non-hydrogen) atoms. The number of carboxylic acids is 1. The molecule has 0 heterocycles. The molecular formula is C16H19NO4. The van der Waals surface area contributed by atoms with Crippen LogP contribution in [0.4, 0.5) is 5.69 Å². The van der Waals surface area contributed by atoms with Gasteiger partial charge < -0.3 is 15.1 Å². The van der Waals surface area contributed by atoms with Gasteiger partial charge in [-0.05, 0) is 55.4 Å². The number of anilines is 1. The molecular weight excluding hydrogens is 270 g/mol. The van der Waals surface area contributed by atoms with Crippen molar-refractivity contribution in [1.82, 2.24) is 0 Å². The number of aliphatic hydroxyl groups excluding tert-OH is 1. The number of rotatable bonds is 5. The van der Waals surface area contributed by atoms with Crippen LogP contribution in [-0.4, -0.2) is 35.2 Å². The van der Waals surface area contributed by atoms with Crippen molar-refractivity contribution in [3.05, 3.63) is 29.8 Å². The second-order valence-electron chi connectivity index (χ2n) is 5.99. The highest BCUT2D eigenvalue weighted by molar-refractivity contribution is 5.96. The Kier molecular flexibility index (Phi) is 3.68. The zero-order valence-electron chi connectivity index (χ0n) is 11.7. The molecule has 0 radical (unpaired) electrons. The molecule has 0 bridgehead atoms. The fourth-order valence-corrected chi connectivity index (χ4v) is 3.39. The van der Waals surface area contributed by atoms with E-state index in [0.717, 1.165) is 24.7 Å². The summed E-state index contributed by atoms with van der Waals surface area (Å²) in [4.78, 5) is 25.1. The summed E-state index contributed by atoms with van der Waals surface area (Å²) < 4.78 is 0. The van der Waals surface area contributed by atoms with Crippen LogP contribution in [0.5, 0.6) is 0 Å². The normalized spacial score (nSPS) is 26.2. The second-order valence-corrected chi connectivity index (χ2v) is 5.99. The first kappa shape index (κ1) is 14.1. The van der Waals surface area contributed by atoms with Crippen molar-refractivity contribution in [1.29, 1.82) is 0 Å². The number of aliphatic hydroxyl groups is 1. The van der Waals surface area contributed by atoms with Gasteiger partial charge in [0, 0.05) is 18.2 Å². The predicted octanol–water partition coefficient (Wildman–Crippen LogP) is 1.76. The molecule has 3 rings (SSSR count). The van der Waals surface area contributed by atoms with Gasteiger partial charge in [-0.2, -0.15) is 0 Å². The summed E-state index contributed by atoms with van der Waals surface area (Å²) in [7, 11) is 0. The number of carboxylic acid groups (broad SMARTS) is 1. The lowest BCUT2D eigenvalue weighted by molar-refractivity contribution is -0.122. The molecule has 0 aromatic heterocycles. The van der Waals surface area contributed by atoms with Crippen molar-refractivity contribution in [2.75, 3.05) is 18.1 Å². The number of carbonyl (C=O) groups excluding carboxylic acids is 1. The van der Waals surface area contributed by atoms with Gasteiger partial charge in [0.1, 0.15) is 0 Å². The highest BCUT2D eigenvalue weighted by Gasteiger charge is 2.48. The Morgan fingerprint density at radius 3 is 2.24 bits per heavy atom. The Bertz CT molecular complexity index is 544. The summed E-state index contributed by atoms with van der Waals surface area (Å²) in [5.74, 6) is 0.574. The smallest absolute Gasteiger partial charge is 0.335 e. The van der Waals surface area contributed by atoms with Gasteiger partial charge in [-0.1, -0.05) is 0 Å². The van der Waals surface area contributed by atoms with Gasteiger partial charge in [0.15, 0.2) is 0 Å². The molecule has 2 N–H and O–H groups in total. The van der Waals surface area contributed by atoms with Gasteiger partial charge in [0.2, 0.25) is 5.91 Å². The molecule has 0 aliphatic heterocycles. The molecule has 5 heteroatoms. The average molecular weight is 289 g/mol. The molecule has 112 valence electrons. The Labute approximate surface area is 123 Å². The van der Waals surface area contributed by atoms with E-state index in [-0.39, 0.29) is 30.5 Å². The van der Waals surface area contributed by atoms with Gasteiger partial charge in [-0.25, -0.2) is 4.79 Å². The Morgan fingerprint density at radius 2 is 1.71 bits per heavy atom. The van der Waals surface area contributed by atoms with E-state index in [1.165, 1.54) is 18.6 Å². The van der Waals surface area contributed by atoms with Crippen molar-refractivity contribution < 1.29 is 19.8 Å². The molecule has 0 saturated heterocycles. The molecule has 2 aliphatic carbocycles. The molecule has 2 fully saturated rings. The number of hydrogen-bond acceptors (Lipinski definition) is 3. The van der Waals surface area contributed by atoms with Crippen LogP contribution in [0, 0.1) is 17.8 Å². The maximum atomic E-state index is 12.6. The summed E-state index contributed by atoms with van der Waals surface area (Å²) in [6.45, 7) is 0.142. The predicted molar refractivity (Wildman–Crippen MR) is 77.2 cm³/mol. The quantitative estimate of drug-likeness (QED) is 0.865. The maximum Gasteiger partial charge on any atom is 0.335 e. The number of aromatic carboxylic acids is 1. The van der Waals surface area contributed by atoms with Crippen molar-refractivity contribution in [2.24, 2.45) is 17.8 Å². The summed E-state index contributed by atoms with van der Waals surface area (Å²) in [5.41, 5.74) is 0.844. The van der Waals surface area contributed by atoms with Crippen LogP contribution < -0.4 is 4.90 Å². The topological polar surface area (TPSA) is 77.8 Å². The minimum atomic E-state index is -0.988. The third kappa shape index (κ3) is 2.78.